The summed E-state index contributed by atoms with van der Waals surface area (Å²) in [5.41, 5.74) is 1.13. The van der Waals surface area contributed by atoms with Crippen LogP contribution in [-0.4, -0.2) is 29.3 Å². The van der Waals surface area contributed by atoms with E-state index in [2.05, 4.69) is 0 Å². The molecule has 0 bridgehead atoms. The second-order valence-corrected chi connectivity index (χ2v) is 4.30. The number of amides is 1. The Morgan fingerprint density at radius 1 is 1.24 bits per heavy atom. The van der Waals surface area contributed by atoms with Gasteiger partial charge in [-0.25, -0.2) is 0 Å². The van der Waals surface area contributed by atoms with E-state index in [1.807, 2.05) is 30.3 Å². The molecule has 0 unspecified atom stereocenters. The summed E-state index contributed by atoms with van der Waals surface area (Å²) in [6.07, 6.45) is 0. The van der Waals surface area contributed by atoms with Crippen LogP contribution in [0, 0.1) is 11.3 Å². The van der Waals surface area contributed by atoms with Gasteiger partial charge in [-0.1, -0.05) is 30.3 Å². The fourth-order valence-corrected chi connectivity index (χ4v) is 2.30. The van der Waals surface area contributed by atoms with Crippen molar-refractivity contribution in [1.82, 2.24) is 4.90 Å². The Hall–Kier alpha value is -1.97. The molecule has 2 rings (SSSR count). The molecule has 0 saturated carbocycles. The Kier molecular flexibility index (Phi) is 2.79. The number of nitrogens with zero attached hydrogens (tertiary/aromatic N) is 1. The zero-order valence-electron chi connectivity index (χ0n) is 9.81. The number of hydrogen-bond acceptors (Lipinski definition) is 3. The zero-order valence-corrected chi connectivity index (χ0v) is 9.81. The topological polar surface area (TPSA) is 61.2 Å². The SMILES string of the molecule is CC(=N)[C@@H]1C(=O)C(=O)N(C)[C@H]1c1ccccc1. The summed E-state index contributed by atoms with van der Waals surface area (Å²) in [6, 6.07) is 9.04. The second-order valence-electron chi connectivity index (χ2n) is 4.30. The van der Waals surface area contributed by atoms with E-state index < -0.39 is 17.6 Å². The minimum Gasteiger partial charge on any atom is -0.331 e. The molecule has 0 aliphatic carbocycles. The first-order valence-electron chi connectivity index (χ1n) is 5.45. The summed E-state index contributed by atoms with van der Waals surface area (Å²) in [5.74, 6) is -1.63. The maximum Gasteiger partial charge on any atom is 0.291 e. The highest BCUT2D eigenvalue weighted by atomic mass is 16.2. The lowest BCUT2D eigenvalue weighted by Crippen LogP contribution is -2.26. The van der Waals surface area contributed by atoms with E-state index in [1.54, 1.807) is 14.0 Å². The molecule has 1 amide bonds. The van der Waals surface area contributed by atoms with Crippen LogP contribution in [0.15, 0.2) is 30.3 Å². The standard InChI is InChI=1S/C13H14N2O2/c1-8(14)10-11(9-6-4-3-5-7-9)15(2)13(17)12(10)16/h3-7,10-11,14H,1-2H3/t10-,11-/m0/s1. The summed E-state index contributed by atoms with van der Waals surface area (Å²) >= 11 is 0. The van der Waals surface area contributed by atoms with Crippen LogP contribution in [0.4, 0.5) is 0 Å². The van der Waals surface area contributed by atoms with E-state index in [0.29, 0.717) is 0 Å². The summed E-state index contributed by atoms with van der Waals surface area (Å²) in [7, 11) is 1.61. The summed E-state index contributed by atoms with van der Waals surface area (Å²) in [5, 5.41) is 7.68. The highest BCUT2D eigenvalue weighted by molar-refractivity contribution is 6.43. The number of hydrogen-bond donors (Lipinski definition) is 1. The van der Waals surface area contributed by atoms with Crippen LogP contribution in [-0.2, 0) is 9.59 Å². The lowest BCUT2D eigenvalue weighted by molar-refractivity contribution is -0.140. The molecule has 1 aromatic rings. The number of likely N-dealkylation sites (N-methyl/N-ethyl adjacent to an activating group) is 1. The molecule has 1 aliphatic heterocycles. The molecule has 2 atom stereocenters. The minimum absolute atomic E-state index is 0.238. The van der Waals surface area contributed by atoms with Gasteiger partial charge in [0.15, 0.2) is 0 Å². The van der Waals surface area contributed by atoms with Gasteiger partial charge in [0.25, 0.3) is 5.91 Å². The smallest absolute Gasteiger partial charge is 0.291 e. The van der Waals surface area contributed by atoms with Gasteiger partial charge >= 0.3 is 0 Å². The van der Waals surface area contributed by atoms with Crippen molar-refractivity contribution in [3.63, 3.8) is 0 Å². The monoisotopic (exact) mass is 230 g/mol. The van der Waals surface area contributed by atoms with Crippen molar-refractivity contribution < 1.29 is 9.59 Å². The molecule has 1 N–H and O–H groups in total. The van der Waals surface area contributed by atoms with E-state index in [4.69, 9.17) is 5.41 Å². The number of benzene rings is 1. The molecule has 88 valence electrons. The van der Waals surface area contributed by atoms with Crippen molar-refractivity contribution >= 4 is 17.4 Å². The first-order valence-corrected chi connectivity index (χ1v) is 5.45. The van der Waals surface area contributed by atoms with Gasteiger partial charge in [-0.05, 0) is 12.5 Å². The second kappa shape index (κ2) is 4.13. The van der Waals surface area contributed by atoms with Gasteiger partial charge < -0.3 is 10.3 Å². The Balaban J connectivity index is 2.47. The molecule has 17 heavy (non-hydrogen) atoms. The van der Waals surface area contributed by atoms with Gasteiger partial charge in [-0.2, -0.15) is 0 Å². The zero-order chi connectivity index (χ0) is 12.6. The van der Waals surface area contributed by atoms with Gasteiger partial charge in [0.2, 0.25) is 5.78 Å². The fraction of sp³-hybridized carbons (Fsp3) is 0.308. The van der Waals surface area contributed by atoms with Crippen LogP contribution in [0.3, 0.4) is 0 Å². The largest absolute Gasteiger partial charge is 0.331 e. The third-order valence-corrected chi connectivity index (χ3v) is 3.15. The van der Waals surface area contributed by atoms with Crippen LogP contribution < -0.4 is 0 Å². The van der Waals surface area contributed by atoms with Gasteiger partial charge in [0.1, 0.15) is 0 Å². The molecule has 4 heteroatoms. The average molecular weight is 230 g/mol. The van der Waals surface area contributed by atoms with Gasteiger partial charge in [-0.3, -0.25) is 9.59 Å². The third-order valence-electron chi connectivity index (χ3n) is 3.15. The maximum absolute atomic E-state index is 11.8. The Morgan fingerprint density at radius 2 is 1.82 bits per heavy atom. The predicted octanol–water partition coefficient (Wildman–Crippen LogP) is 1.42. The Morgan fingerprint density at radius 3 is 2.35 bits per heavy atom. The molecule has 1 aromatic carbocycles. The molecule has 0 aromatic heterocycles. The van der Waals surface area contributed by atoms with Crippen molar-refractivity contribution in [3.8, 4) is 0 Å². The van der Waals surface area contributed by atoms with E-state index in [9.17, 15) is 9.59 Å². The number of carbonyl (C=O) groups excluding carboxylic acids is 2. The number of likely N-dealkylation sites (tertiary alicyclic amines) is 1. The van der Waals surface area contributed by atoms with Crippen LogP contribution in [0.5, 0.6) is 0 Å². The van der Waals surface area contributed by atoms with Crippen LogP contribution >= 0.6 is 0 Å². The Labute approximate surface area is 99.7 Å². The first kappa shape index (κ1) is 11.5. The maximum atomic E-state index is 11.8. The van der Waals surface area contributed by atoms with Crippen LogP contribution in [0.2, 0.25) is 0 Å². The molecule has 1 fully saturated rings. The molecule has 0 radical (unpaired) electrons. The molecule has 1 heterocycles. The van der Waals surface area contributed by atoms with E-state index in [-0.39, 0.29) is 11.8 Å². The highest BCUT2D eigenvalue weighted by Crippen LogP contribution is 2.35. The van der Waals surface area contributed by atoms with E-state index in [1.165, 1.54) is 4.90 Å². The number of ketones is 1. The first-order chi connectivity index (χ1) is 8.04. The van der Waals surface area contributed by atoms with E-state index >= 15 is 0 Å². The fourth-order valence-electron chi connectivity index (χ4n) is 2.30. The molecule has 4 nitrogen and oxygen atoms in total. The lowest BCUT2D eigenvalue weighted by Gasteiger charge is -2.23. The third kappa shape index (κ3) is 1.75. The van der Waals surface area contributed by atoms with Crippen molar-refractivity contribution in [2.45, 2.75) is 13.0 Å². The highest BCUT2D eigenvalue weighted by Gasteiger charge is 2.47. The van der Waals surface area contributed by atoms with Crippen molar-refractivity contribution in [3.05, 3.63) is 35.9 Å². The minimum atomic E-state index is -0.644. The Bertz CT molecular complexity index is 481. The lowest BCUT2D eigenvalue weighted by atomic mass is 9.89. The van der Waals surface area contributed by atoms with Crippen LogP contribution in [0.25, 0.3) is 0 Å². The van der Waals surface area contributed by atoms with Crippen molar-refractivity contribution in [1.29, 1.82) is 5.41 Å². The summed E-state index contributed by atoms with van der Waals surface area (Å²) in [6.45, 7) is 1.57. The quantitative estimate of drug-likeness (QED) is 0.617. The van der Waals surface area contributed by atoms with Crippen LogP contribution in [0.1, 0.15) is 18.5 Å². The molecule has 1 aliphatic rings. The molecular weight excluding hydrogens is 216 g/mol. The van der Waals surface area contributed by atoms with Crippen molar-refractivity contribution in [2.24, 2.45) is 5.92 Å². The summed E-state index contributed by atoms with van der Waals surface area (Å²) in [4.78, 5) is 24.9. The average Bonchev–Trinajstić information content (AvgIpc) is 2.55. The van der Waals surface area contributed by atoms with Crippen molar-refractivity contribution in [2.75, 3.05) is 7.05 Å². The number of carbonyl (C=O) groups is 2. The molecule has 1 saturated heterocycles. The number of Topliss-reactive ketones (excluding diaryl/α,β-unsaturated/α-hetero) is 1. The molecular formula is C13H14N2O2. The number of rotatable bonds is 2. The van der Waals surface area contributed by atoms with Gasteiger partial charge in [0.05, 0.1) is 12.0 Å². The number of nitrogens with one attached hydrogen (secondary N) is 1. The predicted molar refractivity (Wildman–Crippen MR) is 63.9 cm³/mol. The normalized spacial score (nSPS) is 24.2. The van der Waals surface area contributed by atoms with E-state index in [0.717, 1.165) is 5.56 Å². The molecule has 0 spiro atoms. The summed E-state index contributed by atoms with van der Waals surface area (Å²) < 4.78 is 0. The van der Waals surface area contributed by atoms with Gasteiger partial charge in [-0.15, -0.1) is 0 Å². The van der Waals surface area contributed by atoms with Gasteiger partial charge in [0, 0.05) is 12.8 Å².